The lowest BCUT2D eigenvalue weighted by molar-refractivity contribution is 0.419. The summed E-state index contributed by atoms with van der Waals surface area (Å²) in [5, 5.41) is 17.5. The predicted molar refractivity (Wildman–Crippen MR) is 37.4 cm³/mol. The van der Waals surface area contributed by atoms with Crippen LogP contribution in [0.4, 0.5) is 4.39 Å². The SMILES string of the molecule is Oc1cc(Br)c(O)cc1F. The van der Waals surface area contributed by atoms with Crippen LogP contribution in [0.1, 0.15) is 0 Å². The van der Waals surface area contributed by atoms with Gasteiger partial charge in [-0.2, -0.15) is 0 Å². The van der Waals surface area contributed by atoms with E-state index in [1.807, 2.05) is 0 Å². The van der Waals surface area contributed by atoms with E-state index in [-0.39, 0.29) is 10.2 Å². The number of phenolic OH excluding ortho intramolecular Hbond substituents is 2. The molecule has 0 unspecified atom stereocenters. The van der Waals surface area contributed by atoms with E-state index < -0.39 is 11.6 Å². The number of hydrogen-bond acceptors (Lipinski definition) is 2. The average molecular weight is 207 g/mol. The van der Waals surface area contributed by atoms with Crippen LogP contribution in [0.3, 0.4) is 0 Å². The molecule has 4 heteroatoms. The van der Waals surface area contributed by atoms with Gasteiger partial charge in [0.25, 0.3) is 0 Å². The minimum Gasteiger partial charge on any atom is -0.507 e. The Morgan fingerprint density at radius 3 is 2.30 bits per heavy atom. The van der Waals surface area contributed by atoms with E-state index in [0.717, 1.165) is 12.1 Å². The first-order valence-electron chi connectivity index (χ1n) is 2.48. The van der Waals surface area contributed by atoms with Crippen molar-refractivity contribution in [2.75, 3.05) is 0 Å². The summed E-state index contributed by atoms with van der Waals surface area (Å²) in [7, 11) is 0. The second-order valence-electron chi connectivity index (χ2n) is 1.76. The minimum absolute atomic E-state index is 0.227. The topological polar surface area (TPSA) is 40.5 Å². The second-order valence-corrected chi connectivity index (χ2v) is 2.61. The monoisotopic (exact) mass is 206 g/mol. The summed E-state index contributed by atoms with van der Waals surface area (Å²) in [4.78, 5) is 0. The first-order valence-corrected chi connectivity index (χ1v) is 3.27. The van der Waals surface area contributed by atoms with Crippen molar-refractivity contribution in [3.8, 4) is 11.5 Å². The van der Waals surface area contributed by atoms with Crippen molar-refractivity contribution in [2.24, 2.45) is 0 Å². The number of phenols is 2. The normalized spacial score (nSPS) is 9.80. The zero-order chi connectivity index (χ0) is 7.72. The molecular weight excluding hydrogens is 203 g/mol. The van der Waals surface area contributed by atoms with Gasteiger partial charge in [-0.05, 0) is 15.9 Å². The molecule has 1 rings (SSSR count). The minimum atomic E-state index is -0.833. The van der Waals surface area contributed by atoms with Crippen LogP contribution in [0, 0.1) is 5.82 Å². The highest BCUT2D eigenvalue weighted by atomic mass is 79.9. The van der Waals surface area contributed by atoms with Crippen molar-refractivity contribution >= 4 is 15.9 Å². The Bertz CT molecular complexity index is 212. The smallest absolute Gasteiger partial charge is 0.168 e. The van der Waals surface area contributed by atoms with Gasteiger partial charge in [0.1, 0.15) is 5.75 Å². The molecule has 0 fully saturated rings. The van der Waals surface area contributed by atoms with Crippen molar-refractivity contribution in [1.29, 1.82) is 0 Å². The molecule has 0 aliphatic heterocycles. The van der Waals surface area contributed by atoms with Gasteiger partial charge in [-0.15, -0.1) is 0 Å². The Balaban J connectivity index is 3.28. The van der Waals surface area contributed by atoms with Crippen LogP contribution in [0.5, 0.6) is 11.5 Å². The van der Waals surface area contributed by atoms with Gasteiger partial charge in [0.15, 0.2) is 11.6 Å². The van der Waals surface area contributed by atoms with Gasteiger partial charge in [0.05, 0.1) is 4.47 Å². The van der Waals surface area contributed by atoms with Gasteiger partial charge < -0.3 is 10.2 Å². The number of hydrogen-bond donors (Lipinski definition) is 2. The molecule has 0 amide bonds. The van der Waals surface area contributed by atoms with Crippen molar-refractivity contribution in [3.63, 3.8) is 0 Å². The van der Waals surface area contributed by atoms with Gasteiger partial charge in [0, 0.05) is 12.1 Å². The molecule has 1 aromatic rings. The summed E-state index contributed by atoms with van der Waals surface area (Å²) in [6.45, 7) is 0. The molecule has 0 spiro atoms. The maximum absolute atomic E-state index is 12.3. The molecule has 0 heterocycles. The van der Waals surface area contributed by atoms with Crippen LogP contribution in [-0.4, -0.2) is 10.2 Å². The van der Waals surface area contributed by atoms with Gasteiger partial charge in [-0.25, -0.2) is 4.39 Å². The Morgan fingerprint density at radius 2 is 1.80 bits per heavy atom. The Labute approximate surface area is 65.1 Å². The van der Waals surface area contributed by atoms with Crippen molar-refractivity contribution in [1.82, 2.24) is 0 Å². The van der Waals surface area contributed by atoms with E-state index in [2.05, 4.69) is 15.9 Å². The Morgan fingerprint density at radius 1 is 1.20 bits per heavy atom. The van der Waals surface area contributed by atoms with Crippen LogP contribution < -0.4 is 0 Å². The summed E-state index contributed by atoms with van der Waals surface area (Å²) in [6, 6.07) is 1.92. The van der Waals surface area contributed by atoms with E-state index in [0.29, 0.717) is 0 Å². The maximum Gasteiger partial charge on any atom is 0.168 e. The molecule has 0 atom stereocenters. The molecule has 0 saturated carbocycles. The molecule has 2 N–H and O–H groups in total. The molecule has 0 bridgehead atoms. The highest BCUT2D eigenvalue weighted by Gasteiger charge is 2.04. The fourth-order valence-electron chi connectivity index (χ4n) is 0.526. The van der Waals surface area contributed by atoms with Crippen LogP contribution >= 0.6 is 15.9 Å². The Hall–Kier alpha value is -0.770. The molecule has 0 saturated heterocycles. The first kappa shape index (κ1) is 7.34. The third-order valence-electron chi connectivity index (χ3n) is 1.02. The second kappa shape index (κ2) is 2.46. The third-order valence-corrected chi connectivity index (χ3v) is 1.65. The summed E-state index contributed by atoms with van der Waals surface area (Å²) < 4.78 is 12.6. The summed E-state index contributed by atoms with van der Waals surface area (Å²) in [5.41, 5.74) is 0. The zero-order valence-electron chi connectivity index (χ0n) is 4.81. The predicted octanol–water partition coefficient (Wildman–Crippen LogP) is 2.00. The largest absolute Gasteiger partial charge is 0.507 e. The maximum atomic E-state index is 12.3. The lowest BCUT2D eigenvalue weighted by atomic mass is 10.3. The molecule has 0 aromatic heterocycles. The molecule has 0 aliphatic carbocycles. The fourth-order valence-corrected chi connectivity index (χ4v) is 0.857. The molecule has 10 heavy (non-hydrogen) atoms. The molecule has 1 aromatic carbocycles. The number of halogens is 2. The molecule has 2 nitrogen and oxygen atoms in total. The lowest BCUT2D eigenvalue weighted by Gasteiger charge is -1.97. The molecule has 0 radical (unpaired) electrons. The third kappa shape index (κ3) is 1.21. The van der Waals surface area contributed by atoms with E-state index in [1.54, 1.807) is 0 Å². The molecule has 0 aliphatic rings. The quantitative estimate of drug-likeness (QED) is 0.638. The first-order chi connectivity index (χ1) is 4.61. The summed E-state index contributed by atoms with van der Waals surface area (Å²) in [5.74, 6) is -1.54. The van der Waals surface area contributed by atoms with Gasteiger partial charge >= 0.3 is 0 Å². The summed E-state index contributed by atoms with van der Waals surface area (Å²) >= 11 is 2.90. The highest BCUT2D eigenvalue weighted by molar-refractivity contribution is 9.10. The molecular formula is C6H4BrFO2. The van der Waals surface area contributed by atoms with Crippen LogP contribution in [0.25, 0.3) is 0 Å². The number of rotatable bonds is 0. The molecule has 54 valence electrons. The van der Waals surface area contributed by atoms with Crippen LogP contribution in [0.15, 0.2) is 16.6 Å². The van der Waals surface area contributed by atoms with E-state index in [9.17, 15) is 4.39 Å². The average Bonchev–Trinajstić information content (AvgIpc) is 1.84. The fraction of sp³-hybridized carbons (Fsp3) is 0. The zero-order valence-corrected chi connectivity index (χ0v) is 6.39. The van der Waals surface area contributed by atoms with Crippen molar-refractivity contribution in [3.05, 3.63) is 22.4 Å². The van der Waals surface area contributed by atoms with Crippen molar-refractivity contribution in [2.45, 2.75) is 0 Å². The van der Waals surface area contributed by atoms with E-state index in [1.165, 1.54) is 0 Å². The van der Waals surface area contributed by atoms with Gasteiger partial charge in [-0.3, -0.25) is 0 Å². The van der Waals surface area contributed by atoms with Gasteiger partial charge in [0.2, 0.25) is 0 Å². The highest BCUT2D eigenvalue weighted by Crippen LogP contribution is 2.29. The van der Waals surface area contributed by atoms with Crippen LogP contribution in [-0.2, 0) is 0 Å². The van der Waals surface area contributed by atoms with Crippen molar-refractivity contribution < 1.29 is 14.6 Å². The van der Waals surface area contributed by atoms with Gasteiger partial charge in [-0.1, -0.05) is 0 Å². The summed E-state index contributed by atoms with van der Waals surface area (Å²) in [6.07, 6.45) is 0. The number of aromatic hydroxyl groups is 2. The van der Waals surface area contributed by atoms with E-state index >= 15 is 0 Å². The lowest BCUT2D eigenvalue weighted by Crippen LogP contribution is -1.76. The standard InChI is InChI=1S/C6H4BrFO2/c7-3-1-6(10)4(8)2-5(3)9/h1-2,9-10H. The van der Waals surface area contributed by atoms with E-state index in [4.69, 9.17) is 10.2 Å². The Kier molecular flexibility index (Phi) is 1.80. The van der Waals surface area contributed by atoms with Crippen LogP contribution in [0.2, 0.25) is 0 Å². The number of benzene rings is 1.